The van der Waals surface area contributed by atoms with E-state index in [-0.39, 0.29) is 0 Å². The quantitative estimate of drug-likeness (QED) is 0.737. The molecule has 19 heavy (non-hydrogen) atoms. The van der Waals surface area contributed by atoms with Crippen LogP contribution in [0.3, 0.4) is 0 Å². The van der Waals surface area contributed by atoms with Crippen LogP contribution >= 0.6 is 0 Å². The van der Waals surface area contributed by atoms with E-state index < -0.39 is 6.10 Å². The van der Waals surface area contributed by atoms with E-state index in [0.717, 1.165) is 16.5 Å². The molecule has 0 aliphatic carbocycles. The second kappa shape index (κ2) is 4.13. The molecule has 5 nitrogen and oxygen atoms in total. The van der Waals surface area contributed by atoms with Crippen LogP contribution in [-0.2, 0) is 7.05 Å². The van der Waals surface area contributed by atoms with Crippen LogP contribution in [-0.4, -0.2) is 14.9 Å². The highest BCUT2D eigenvalue weighted by Crippen LogP contribution is 2.31. The largest absolute Gasteiger partial charge is 0.458 e. The molecular formula is C14H15N3O2. The predicted molar refractivity (Wildman–Crippen MR) is 72.6 cm³/mol. The number of aliphatic hydroxyl groups excluding tert-OH is 1. The van der Waals surface area contributed by atoms with Crippen molar-refractivity contribution in [3.8, 4) is 0 Å². The Morgan fingerprint density at radius 3 is 2.84 bits per heavy atom. The molecular weight excluding hydrogens is 242 g/mol. The van der Waals surface area contributed by atoms with Crippen molar-refractivity contribution in [1.82, 2.24) is 9.78 Å². The van der Waals surface area contributed by atoms with Crippen LogP contribution in [0.15, 0.2) is 34.9 Å². The minimum Gasteiger partial charge on any atom is -0.458 e. The molecule has 0 aliphatic heterocycles. The Morgan fingerprint density at radius 2 is 2.21 bits per heavy atom. The zero-order valence-electron chi connectivity index (χ0n) is 10.8. The zero-order valence-corrected chi connectivity index (χ0v) is 10.8. The number of fused-ring (bicyclic) bond motifs is 1. The van der Waals surface area contributed by atoms with Crippen molar-refractivity contribution >= 4 is 16.8 Å². The molecule has 0 spiro atoms. The molecule has 0 aliphatic rings. The number of hydrogen-bond acceptors (Lipinski definition) is 4. The average Bonchev–Trinajstić information content (AvgIpc) is 2.95. The van der Waals surface area contributed by atoms with Crippen molar-refractivity contribution < 1.29 is 9.52 Å². The van der Waals surface area contributed by atoms with Gasteiger partial charge in [0.1, 0.15) is 23.3 Å². The Hall–Kier alpha value is -2.27. The van der Waals surface area contributed by atoms with E-state index in [2.05, 4.69) is 5.10 Å². The van der Waals surface area contributed by atoms with Gasteiger partial charge in [-0.05, 0) is 18.6 Å². The number of hydrogen-bond donors (Lipinski definition) is 2. The van der Waals surface area contributed by atoms with Crippen molar-refractivity contribution in [3.63, 3.8) is 0 Å². The van der Waals surface area contributed by atoms with Gasteiger partial charge in [0.25, 0.3) is 0 Å². The maximum absolute atomic E-state index is 10.4. The van der Waals surface area contributed by atoms with E-state index in [1.807, 2.05) is 31.2 Å². The molecule has 0 amide bonds. The number of nitrogens with two attached hydrogens (primary N) is 1. The Labute approximate surface area is 110 Å². The van der Waals surface area contributed by atoms with Crippen molar-refractivity contribution in [2.45, 2.75) is 13.0 Å². The molecule has 1 aromatic carbocycles. The number of benzene rings is 1. The van der Waals surface area contributed by atoms with Crippen molar-refractivity contribution in [2.24, 2.45) is 7.05 Å². The summed E-state index contributed by atoms with van der Waals surface area (Å²) in [5.74, 6) is 0.911. The van der Waals surface area contributed by atoms with Crippen LogP contribution in [0.1, 0.15) is 23.0 Å². The number of aromatic nitrogens is 2. The summed E-state index contributed by atoms with van der Waals surface area (Å²) in [4.78, 5) is 0. The summed E-state index contributed by atoms with van der Waals surface area (Å²) < 4.78 is 7.26. The summed E-state index contributed by atoms with van der Waals surface area (Å²) in [6.45, 7) is 1.97. The van der Waals surface area contributed by atoms with Crippen LogP contribution in [0, 0.1) is 6.92 Å². The molecule has 3 rings (SSSR count). The van der Waals surface area contributed by atoms with Gasteiger partial charge >= 0.3 is 0 Å². The molecule has 5 heteroatoms. The van der Waals surface area contributed by atoms with E-state index in [1.165, 1.54) is 4.68 Å². The number of aliphatic hydroxyl groups is 1. The van der Waals surface area contributed by atoms with Crippen LogP contribution in [0.2, 0.25) is 0 Å². The highest BCUT2D eigenvalue weighted by Gasteiger charge is 2.20. The molecule has 1 unspecified atom stereocenters. The standard InChI is InChI=1S/C14H15N3O2/c1-8-4-3-5-9-6-11(19-13(8)9)12(18)10-7-16-17(2)14(10)15/h3-7,12,18H,15H2,1-2H3. The molecule has 1 atom stereocenters. The maximum Gasteiger partial charge on any atom is 0.142 e. The van der Waals surface area contributed by atoms with Crippen LogP contribution in [0.5, 0.6) is 0 Å². The summed E-state index contributed by atoms with van der Waals surface area (Å²) in [7, 11) is 1.73. The lowest BCUT2D eigenvalue weighted by Gasteiger charge is -2.06. The minimum atomic E-state index is -0.902. The average molecular weight is 257 g/mol. The first-order chi connectivity index (χ1) is 9.08. The number of nitrogens with zero attached hydrogens (tertiary/aromatic N) is 2. The Kier molecular flexibility index (Phi) is 2.57. The van der Waals surface area contributed by atoms with Gasteiger partial charge in [-0.25, -0.2) is 0 Å². The third-order valence-electron chi connectivity index (χ3n) is 3.34. The summed E-state index contributed by atoms with van der Waals surface area (Å²) in [6.07, 6.45) is 0.653. The van der Waals surface area contributed by atoms with Gasteiger partial charge in [-0.1, -0.05) is 18.2 Å². The minimum absolute atomic E-state index is 0.435. The number of aryl methyl sites for hydroxylation is 2. The predicted octanol–water partition coefficient (Wildman–Crippen LogP) is 2.14. The number of rotatable bonds is 2. The highest BCUT2D eigenvalue weighted by atomic mass is 16.4. The lowest BCUT2D eigenvalue weighted by molar-refractivity contribution is 0.193. The van der Waals surface area contributed by atoms with Gasteiger partial charge < -0.3 is 15.3 Å². The van der Waals surface area contributed by atoms with E-state index >= 15 is 0 Å². The monoisotopic (exact) mass is 257 g/mol. The van der Waals surface area contributed by atoms with Gasteiger partial charge in [-0.15, -0.1) is 0 Å². The Bertz CT molecular complexity index is 742. The number of para-hydroxylation sites is 1. The summed E-state index contributed by atoms with van der Waals surface area (Å²) in [5, 5.41) is 15.3. The number of nitrogen functional groups attached to an aromatic ring is 1. The molecule has 98 valence electrons. The van der Waals surface area contributed by atoms with Crippen molar-refractivity contribution in [2.75, 3.05) is 5.73 Å². The highest BCUT2D eigenvalue weighted by molar-refractivity contribution is 5.81. The van der Waals surface area contributed by atoms with Crippen molar-refractivity contribution in [3.05, 3.63) is 47.3 Å². The first kappa shape index (κ1) is 11.8. The summed E-state index contributed by atoms with van der Waals surface area (Å²) >= 11 is 0. The second-order valence-electron chi connectivity index (χ2n) is 4.65. The second-order valence-corrected chi connectivity index (χ2v) is 4.65. The topological polar surface area (TPSA) is 77.2 Å². The molecule has 0 saturated heterocycles. The van der Waals surface area contributed by atoms with Gasteiger partial charge in [0.05, 0.1) is 11.8 Å². The fourth-order valence-corrected chi connectivity index (χ4v) is 2.19. The molecule has 0 saturated carbocycles. The Balaban J connectivity index is 2.09. The molecule has 0 radical (unpaired) electrons. The van der Waals surface area contributed by atoms with Gasteiger partial charge in [0, 0.05) is 12.4 Å². The van der Waals surface area contributed by atoms with E-state index in [0.29, 0.717) is 17.1 Å². The SMILES string of the molecule is Cc1cccc2cc(C(O)c3cnn(C)c3N)oc12. The Morgan fingerprint density at radius 1 is 1.42 bits per heavy atom. The van der Waals surface area contributed by atoms with Gasteiger partial charge in [-0.3, -0.25) is 4.68 Å². The normalized spacial score (nSPS) is 13.0. The first-order valence-electron chi connectivity index (χ1n) is 6.02. The van der Waals surface area contributed by atoms with Crippen LogP contribution in [0.25, 0.3) is 11.0 Å². The fraction of sp³-hybridized carbons (Fsp3) is 0.214. The van der Waals surface area contributed by atoms with Crippen molar-refractivity contribution in [1.29, 1.82) is 0 Å². The molecule has 3 aromatic rings. The molecule has 0 bridgehead atoms. The fourth-order valence-electron chi connectivity index (χ4n) is 2.19. The van der Waals surface area contributed by atoms with Crippen LogP contribution in [0.4, 0.5) is 5.82 Å². The summed E-state index contributed by atoms with van der Waals surface area (Å²) in [5.41, 5.74) is 8.25. The maximum atomic E-state index is 10.4. The molecule has 3 N–H and O–H groups in total. The van der Waals surface area contributed by atoms with E-state index in [9.17, 15) is 5.11 Å². The number of anilines is 1. The van der Waals surface area contributed by atoms with E-state index in [1.54, 1.807) is 13.2 Å². The third kappa shape index (κ3) is 1.79. The van der Waals surface area contributed by atoms with E-state index in [4.69, 9.17) is 10.2 Å². The first-order valence-corrected chi connectivity index (χ1v) is 6.02. The number of furan rings is 1. The lowest BCUT2D eigenvalue weighted by atomic mass is 10.1. The molecule has 2 heterocycles. The van der Waals surface area contributed by atoms with Crippen LogP contribution < -0.4 is 5.73 Å². The molecule has 2 aromatic heterocycles. The zero-order chi connectivity index (χ0) is 13.6. The molecule has 0 fully saturated rings. The third-order valence-corrected chi connectivity index (χ3v) is 3.34. The van der Waals surface area contributed by atoms with Gasteiger partial charge in [0.2, 0.25) is 0 Å². The summed E-state index contributed by atoms with van der Waals surface area (Å²) in [6, 6.07) is 7.72. The van der Waals surface area contributed by atoms with Gasteiger partial charge in [-0.2, -0.15) is 5.10 Å². The lowest BCUT2D eigenvalue weighted by Crippen LogP contribution is -2.04. The smallest absolute Gasteiger partial charge is 0.142 e. The van der Waals surface area contributed by atoms with Gasteiger partial charge in [0.15, 0.2) is 0 Å².